The smallest absolute Gasteiger partial charge is 0.282 e. The Hall–Kier alpha value is -4.26. The van der Waals surface area contributed by atoms with Crippen molar-refractivity contribution in [2.24, 2.45) is 10.1 Å². The van der Waals surface area contributed by atoms with E-state index >= 15 is 0 Å². The molecule has 6 rings (SSSR count). The molecule has 7 heteroatoms. The molecule has 1 unspecified atom stereocenters. The van der Waals surface area contributed by atoms with Crippen molar-refractivity contribution in [2.75, 3.05) is 0 Å². The van der Waals surface area contributed by atoms with Gasteiger partial charge in [-0.05, 0) is 30.1 Å². The highest BCUT2D eigenvalue weighted by Crippen LogP contribution is 2.35. The molecule has 7 nitrogen and oxygen atoms in total. The molecule has 0 N–H and O–H groups in total. The van der Waals surface area contributed by atoms with Gasteiger partial charge in [0.25, 0.3) is 5.96 Å². The summed E-state index contributed by atoms with van der Waals surface area (Å²) < 4.78 is 4.20. The summed E-state index contributed by atoms with van der Waals surface area (Å²) in [6.45, 7) is 7.61. The van der Waals surface area contributed by atoms with Crippen LogP contribution >= 0.6 is 0 Å². The first-order chi connectivity index (χ1) is 17.1. The lowest BCUT2D eigenvalue weighted by atomic mass is 10.1. The molecule has 3 heterocycles. The van der Waals surface area contributed by atoms with Crippen LogP contribution in [-0.4, -0.2) is 31.5 Å². The number of rotatable bonds is 5. The van der Waals surface area contributed by atoms with Crippen molar-refractivity contribution in [2.45, 2.75) is 40.0 Å². The third kappa shape index (κ3) is 3.79. The lowest BCUT2D eigenvalue weighted by Gasteiger charge is -2.28. The van der Waals surface area contributed by atoms with Crippen LogP contribution in [-0.2, 0) is 13.1 Å². The number of fused-ring (bicyclic) bond motifs is 2. The number of hydrazone groups is 1. The van der Waals surface area contributed by atoms with Gasteiger partial charge in [0.2, 0.25) is 12.0 Å². The Kier molecular flexibility index (Phi) is 5.17. The van der Waals surface area contributed by atoms with Crippen LogP contribution in [0.15, 0.2) is 95.0 Å². The predicted octanol–water partition coefficient (Wildman–Crippen LogP) is 4.53. The summed E-state index contributed by atoms with van der Waals surface area (Å²) in [6.07, 6.45) is -0.218. The van der Waals surface area contributed by atoms with Crippen molar-refractivity contribution in [1.82, 2.24) is 19.7 Å². The number of aromatic nitrogens is 3. The summed E-state index contributed by atoms with van der Waals surface area (Å²) in [4.78, 5) is 7.35. The number of amidine groups is 1. The van der Waals surface area contributed by atoms with Crippen molar-refractivity contribution in [1.29, 1.82) is 0 Å². The minimum Gasteiger partial charge on any atom is -0.282 e. The zero-order valence-electron chi connectivity index (χ0n) is 20.2. The van der Waals surface area contributed by atoms with Crippen molar-refractivity contribution >= 4 is 17.7 Å². The number of aliphatic imine (C=N–C) groups is 1. The van der Waals surface area contributed by atoms with E-state index in [1.54, 1.807) is 0 Å². The average Bonchev–Trinajstić information content (AvgIpc) is 3.35. The Labute approximate surface area is 205 Å². The highest BCUT2D eigenvalue weighted by Gasteiger charge is 2.46. The molecule has 1 aromatic heterocycles. The first-order valence-electron chi connectivity index (χ1n) is 11.9. The Bertz CT molecular complexity index is 1420. The largest absolute Gasteiger partial charge is 0.388 e. The van der Waals surface area contributed by atoms with Crippen LogP contribution in [0.3, 0.4) is 0 Å². The summed E-state index contributed by atoms with van der Waals surface area (Å²) in [6, 6.07) is 29.5. The van der Waals surface area contributed by atoms with Crippen LogP contribution in [0.1, 0.15) is 41.2 Å². The Morgan fingerprint density at radius 3 is 2.14 bits per heavy atom. The summed E-state index contributed by atoms with van der Waals surface area (Å²) >= 11 is 0. The van der Waals surface area contributed by atoms with E-state index in [4.69, 9.17) is 15.2 Å². The molecule has 1 atom stereocenters. The fourth-order valence-corrected chi connectivity index (χ4v) is 4.71. The normalized spacial score (nSPS) is 16.6. The molecule has 2 aliphatic rings. The molecular weight excluding hydrogens is 434 g/mol. The van der Waals surface area contributed by atoms with E-state index < -0.39 is 0 Å². The number of hydrogen-bond donors (Lipinski definition) is 0. The maximum atomic E-state index is 5.16. The van der Waals surface area contributed by atoms with E-state index in [0.717, 1.165) is 29.1 Å². The van der Waals surface area contributed by atoms with Crippen molar-refractivity contribution in [3.05, 3.63) is 113 Å². The second kappa shape index (κ2) is 8.51. The van der Waals surface area contributed by atoms with Gasteiger partial charge in [0.15, 0.2) is 0 Å². The zero-order valence-corrected chi connectivity index (χ0v) is 20.2. The van der Waals surface area contributed by atoms with Crippen LogP contribution in [0.5, 0.6) is 0 Å². The van der Waals surface area contributed by atoms with Gasteiger partial charge in [0, 0.05) is 12.5 Å². The monoisotopic (exact) mass is 462 g/mol. The number of guanidine groups is 1. The SMILES string of the molecule is CC1=NN2C(=Nc3n(nc(C)[n+]3Cc3ccccc3)C2c2ccc(C)cc2)N1Cc1ccccc1. The minimum atomic E-state index is -0.218. The molecule has 0 saturated heterocycles. The van der Waals surface area contributed by atoms with E-state index in [1.165, 1.54) is 16.7 Å². The molecule has 35 heavy (non-hydrogen) atoms. The Balaban J connectivity index is 1.49. The van der Waals surface area contributed by atoms with Gasteiger partial charge in [-0.15, -0.1) is 0 Å². The summed E-state index contributed by atoms with van der Waals surface area (Å²) in [5.41, 5.74) is 4.77. The molecule has 0 aliphatic carbocycles. The van der Waals surface area contributed by atoms with E-state index in [0.29, 0.717) is 13.1 Å². The molecular formula is C28H28N7+. The Morgan fingerprint density at radius 2 is 1.46 bits per heavy atom. The van der Waals surface area contributed by atoms with Crippen LogP contribution in [0.25, 0.3) is 0 Å². The van der Waals surface area contributed by atoms with Gasteiger partial charge in [0.05, 0.1) is 13.1 Å². The van der Waals surface area contributed by atoms with E-state index in [-0.39, 0.29) is 6.17 Å². The fourth-order valence-electron chi connectivity index (χ4n) is 4.71. The van der Waals surface area contributed by atoms with Crippen molar-refractivity contribution in [3.63, 3.8) is 0 Å². The summed E-state index contributed by atoms with van der Waals surface area (Å²) in [7, 11) is 0. The van der Waals surface area contributed by atoms with Gasteiger partial charge in [0.1, 0.15) is 5.84 Å². The average molecular weight is 463 g/mol. The van der Waals surface area contributed by atoms with Crippen molar-refractivity contribution < 1.29 is 4.57 Å². The molecule has 3 aromatic carbocycles. The van der Waals surface area contributed by atoms with Gasteiger partial charge in [-0.25, -0.2) is 4.57 Å². The highest BCUT2D eigenvalue weighted by molar-refractivity contribution is 6.03. The summed E-state index contributed by atoms with van der Waals surface area (Å²) in [5.74, 6) is 3.49. The fraction of sp³-hybridized carbons (Fsp3) is 0.214. The molecule has 174 valence electrons. The highest BCUT2D eigenvalue weighted by atomic mass is 15.7. The standard InChI is InChI=1S/C28H28N7/c1-20-14-16-25(17-15-20)26-34-27(32(21(2)30-34)18-23-10-6-4-7-11-23)29-28-33(22(3)31-35(26)28)19-24-12-8-5-9-13-24/h4-17,26H,18-19H2,1-3H3/q+1. The van der Waals surface area contributed by atoms with E-state index in [9.17, 15) is 0 Å². The molecule has 0 amide bonds. The molecule has 4 aromatic rings. The van der Waals surface area contributed by atoms with Gasteiger partial charge in [-0.2, -0.15) is 10.1 Å². The first kappa shape index (κ1) is 21.3. The quantitative estimate of drug-likeness (QED) is 0.410. The first-order valence-corrected chi connectivity index (χ1v) is 11.9. The second-order valence-corrected chi connectivity index (χ2v) is 9.12. The van der Waals surface area contributed by atoms with Gasteiger partial charge < -0.3 is 0 Å². The number of benzene rings is 3. The number of aryl methyl sites for hydroxylation is 2. The number of hydrogen-bond acceptors (Lipinski definition) is 5. The molecule has 0 fully saturated rings. The zero-order chi connectivity index (χ0) is 23.9. The minimum absolute atomic E-state index is 0.218. The Morgan fingerprint density at radius 1 is 0.800 bits per heavy atom. The van der Waals surface area contributed by atoms with E-state index in [2.05, 4.69) is 89.2 Å². The molecule has 0 spiro atoms. The number of nitrogens with zero attached hydrogens (tertiary/aromatic N) is 7. The third-order valence-electron chi connectivity index (χ3n) is 6.58. The third-order valence-corrected chi connectivity index (χ3v) is 6.58. The molecule has 0 radical (unpaired) electrons. The predicted molar refractivity (Wildman–Crippen MR) is 136 cm³/mol. The second-order valence-electron chi connectivity index (χ2n) is 9.12. The van der Waals surface area contributed by atoms with Gasteiger partial charge in [-0.1, -0.05) is 100 Å². The van der Waals surface area contributed by atoms with Crippen LogP contribution < -0.4 is 4.57 Å². The molecule has 0 saturated carbocycles. The lowest BCUT2D eigenvalue weighted by Crippen LogP contribution is -2.45. The van der Waals surface area contributed by atoms with Crippen molar-refractivity contribution in [3.8, 4) is 0 Å². The van der Waals surface area contributed by atoms with E-state index in [1.807, 2.05) is 35.7 Å². The topological polar surface area (TPSA) is 52.9 Å². The van der Waals surface area contributed by atoms with Crippen LogP contribution in [0, 0.1) is 13.8 Å². The van der Waals surface area contributed by atoms with Gasteiger partial charge >= 0.3 is 5.95 Å². The maximum absolute atomic E-state index is 5.16. The lowest BCUT2D eigenvalue weighted by molar-refractivity contribution is -0.682. The van der Waals surface area contributed by atoms with Gasteiger partial charge in [-0.3, -0.25) is 4.90 Å². The van der Waals surface area contributed by atoms with Crippen LogP contribution in [0.2, 0.25) is 0 Å². The molecule has 0 bridgehead atoms. The maximum Gasteiger partial charge on any atom is 0.388 e. The molecule has 2 aliphatic heterocycles. The summed E-state index contributed by atoms with van der Waals surface area (Å²) in [5, 5.41) is 11.9. The van der Waals surface area contributed by atoms with Crippen LogP contribution in [0.4, 0.5) is 5.95 Å².